The van der Waals surface area contributed by atoms with E-state index in [9.17, 15) is 33.6 Å². The summed E-state index contributed by atoms with van der Waals surface area (Å²) < 4.78 is 0. The van der Waals surface area contributed by atoms with Gasteiger partial charge in [-0.25, -0.2) is 0 Å². The number of benzene rings is 1. The zero-order chi connectivity index (χ0) is 42.3. The van der Waals surface area contributed by atoms with Gasteiger partial charge in [0.1, 0.15) is 23.7 Å². The first-order chi connectivity index (χ1) is 26.3. The number of carbonyl (C=O) groups excluding carboxylic acids is 7. The van der Waals surface area contributed by atoms with Crippen LogP contribution in [0.5, 0.6) is 0 Å². The molecule has 2 rings (SSSR count). The average Bonchev–Trinajstić information content (AvgIpc) is 3.12. The van der Waals surface area contributed by atoms with E-state index in [1.807, 2.05) is 81.4 Å². The Kier molecular flexibility index (Phi) is 19.5. The van der Waals surface area contributed by atoms with E-state index in [-0.39, 0.29) is 66.8 Å². The van der Waals surface area contributed by atoms with E-state index in [1.54, 1.807) is 38.0 Å². The van der Waals surface area contributed by atoms with Crippen LogP contribution in [-0.2, 0) is 40.0 Å². The molecule has 1 heterocycles. The van der Waals surface area contributed by atoms with Gasteiger partial charge in [0.05, 0.1) is 24.7 Å². The molecule has 0 spiro atoms. The topological polar surface area (TPSA) is 148 Å². The second-order valence-corrected chi connectivity index (χ2v) is 15.6. The SMILES string of the molecule is CC[C@H](C)[C@H](NC(=O)[C@H](CC/C=C/c1ccc(C[C@@H](C(=O)N(C)CC(C)=O)N2CC/C=C\C[C@H](N(C)C)C2=O)cc1)N(C)C(=O)C[C@@H](C(C)=O)N(C)C)C(C)=O. The summed E-state index contributed by atoms with van der Waals surface area (Å²) in [6, 6.07) is 4.27. The smallest absolute Gasteiger partial charge is 0.245 e. The highest BCUT2D eigenvalue weighted by atomic mass is 16.2. The Bertz CT molecular complexity index is 1590. The Balaban J connectivity index is 2.31. The lowest BCUT2D eigenvalue weighted by molar-refractivity contribution is -0.148. The lowest BCUT2D eigenvalue weighted by atomic mass is 9.95. The number of allylic oxidation sites excluding steroid dienone is 1. The lowest BCUT2D eigenvalue weighted by Crippen LogP contribution is -2.56. The molecule has 1 aliphatic heterocycles. The van der Waals surface area contributed by atoms with Crippen molar-refractivity contribution in [3.63, 3.8) is 0 Å². The Hall–Kier alpha value is -4.49. The van der Waals surface area contributed by atoms with Crippen LogP contribution >= 0.6 is 0 Å². The van der Waals surface area contributed by atoms with E-state index in [0.29, 0.717) is 32.2 Å². The van der Waals surface area contributed by atoms with Crippen LogP contribution in [-0.4, -0.2) is 151 Å². The third-order valence-corrected chi connectivity index (χ3v) is 10.7. The van der Waals surface area contributed by atoms with E-state index < -0.39 is 36.1 Å². The third-order valence-electron chi connectivity index (χ3n) is 10.7. The molecule has 6 atom stereocenters. The number of likely N-dealkylation sites (N-methyl/N-ethyl adjacent to an activating group) is 4. The molecular weight excluding hydrogens is 713 g/mol. The van der Waals surface area contributed by atoms with Gasteiger partial charge in [-0.1, -0.05) is 68.8 Å². The normalized spacial score (nSPS) is 18.1. The number of amides is 4. The molecule has 0 radical (unpaired) electrons. The molecular formula is C43H66N6O7. The second kappa shape index (κ2) is 22.9. The summed E-state index contributed by atoms with van der Waals surface area (Å²) in [6.45, 7) is 8.50. The predicted octanol–water partition coefficient (Wildman–Crippen LogP) is 3.40. The first-order valence-electron chi connectivity index (χ1n) is 19.7. The molecule has 310 valence electrons. The zero-order valence-electron chi connectivity index (χ0n) is 35.5. The highest BCUT2D eigenvalue weighted by molar-refractivity contribution is 5.94. The summed E-state index contributed by atoms with van der Waals surface area (Å²) in [4.78, 5) is 99.4. The Morgan fingerprint density at radius 2 is 1.55 bits per heavy atom. The maximum Gasteiger partial charge on any atom is 0.245 e. The fourth-order valence-corrected chi connectivity index (χ4v) is 6.96. The van der Waals surface area contributed by atoms with E-state index in [1.165, 1.54) is 30.6 Å². The molecule has 0 fully saturated rings. The van der Waals surface area contributed by atoms with Crippen molar-refractivity contribution in [2.45, 2.75) is 110 Å². The Morgan fingerprint density at radius 1 is 0.911 bits per heavy atom. The van der Waals surface area contributed by atoms with Crippen LogP contribution in [0.1, 0.15) is 84.3 Å². The summed E-state index contributed by atoms with van der Waals surface area (Å²) in [5.74, 6) is -1.73. The minimum absolute atomic E-state index is 0.0469. The first kappa shape index (κ1) is 47.7. The molecule has 0 saturated heterocycles. The standard InChI is InChI=1S/C43H66N6O7/c1-12-29(2)40(32(5)52)44-41(54)35(48(11)39(53)27-37(31(4)51)46(8)9)19-16-15-18-33-21-23-34(24-22-33)26-38(42(55)47(10)28-30(3)50)49-25-17-13-14-20-36(43(49)56)45(6)7/h13-15,18,21-24,29,35-38,40H,12,16-17,19-20,25-28H2,1-11H3,(H,44,54)/b14-13-,18-15+/t29-,35-,36-,37-,38-,40-/m0/s1. The van der Waals surface area contributed by atoms with Gasteiger partial charge in [-0.05, 0) is 91.7 Å². The minimum Gasteiger partial charge on any atom is -0.344 e. The third kappa shape index (κ3) is 14.2. The maximum absolute atomic E-state index is 13.8. The van der Waals surface area contributed by atoms with Crippen LogP contribution in [0.3, 0.4) is 0 Å². The van der Waals surface area contributed by atoms with Gasteiger partial charge in [0.15, 0.2) is 5.78 Å². The number of carbonyl (C=O) groups is 7. The van der Waals surface area contributed by atoms with Crippen molar-refractivity contribution >= 4 is 47.1 Å². The number of Topliss-reactive ketones (excluding diaryl/α,β-unsaturated/α-hetero) is 3. The van der Waals surface area contributed by atoms with Crippen molar-refractivity contribution in [2.24, 2.45) is 5.92 Å². The zero-order valence-corrected chi connectivity index (χ0v) is 35.5. The van der Waals surface area contributed by atoms with Crippen molar-refractivity contribution < 1.29 is 33.6 Å². The fraction of sp³-hybridized carbons (Fsp3) is 0.605. The molecule has 4 amide bonds. The maximum atomic E-state index is 13.8. The number of nitrogens with zero attached hydrogens (tertiary/aromatic N) is 5. The van der Waals surface area contributed by atoms with E-state index in [0.717, 1.165) is 11.1 Å². The molecule has 56 heavy (non-hydrogen) atoms. The molecule has 1 aromatic carbocycles. The molecule has 13 nitrogen and oxygen atoms in total. The van der Waals surface area contributed by atoms with Crippen molar-refractivity contribution in [3.8, 4) is 0 Å². The summed E-state index contributed by atoms with van der Waals surface area (Å²) in [5, 5.41) is 2.89. The number of rotatable bonds is 21. The Morgan fingerprint density at radius 3 is 2.09 bits per heavy atom. The lowest BCUT2D eigenvalue weighted by Gasteiger charge is -2.37. The van der Waals surface area contributed by atoms with E-state index >= 15 is 0 Å². The molecule has 13 heteroatoms. The van der Waals surface area contributed by atoms with Gasteiger partial charge >= 0.3 is 0 Å². The van der Waals surface area contributed by atoms with Crippen molar-refractivity contribution in [2.75, 3.05) is 55.4 Å². The monoisotopic (exact) mass is 778 g/mol. The van der Waals surface area contributed by atoms with Crippen molar-refractivity contribution in [1.82, 2.24) is 29.8 Å². The Labute approximate surface area is 334 Å². The second-order valence-electron chi connectivity index (χ2n) is 15.6. The van der Waals surface area contributed by atoms with Crippen LogP contribution in [0.2, 0.25) is 0 Å². The molecule has 0 aromatic heterocycles. The summed E-state index contributed by atoms with van der Waals surface area (Å²) in [7, 11) is 10.3. The van der Waals surface area contributed by atoms with E-state index in [4.69, 9.17) is 0 Å². The largest absolute Gasteiger partial charge is 0.344 e. The van der Waals surface area contributed by atoms with Crippen LogP contribution in [0.4, 0.5) is 0 Å². The molecule has 0 saturated carbocycles. The highest BCUT2D eigenvalue weighted by Crippen LogP contribution is 2.20. The van der Waals surface area contributed by atoms with Gasteiger partial charge in [0.25, 0.3) is 0 Å². The van der Waals surface area contributed by atoms with E-state index in [2.05, 4.69) is 5.32 Å². The quantitative estimate of drug-likeness (QED) is 0.186. The predicted molar refractivity (Wildman–Crippen MR) is 219 cm³/mol. The van der Waals surface area contributed by atoms with Gasteiger partial charge < -0.3 is 20.0 Å². The number of nitrogens with one attached hydrogen (secondary N) is 1. The minimum atomic E-state index is -0.876. The van der Waals surface area contributed by atoms with Crippen LogP contribution in [0, 0.1) is 5.92 Å². The van der Waals surface area contributed by atoms with Crippen molar-refractivity contribution in [3.05, 3.63) is 53.6 Å². The molecule has 0 aliphatic carbocycles. The molecule has 1 aliphatic rings. The molecule has 0 unspecified atom stereocenters. The number of hydrogen-bond donors (Lipinski definition) is 1. The fourth-order valence-electron chi connectivity index (χ4n) is 6.96. The average molecular weight is 779 g/mol. The van der Waals surface area contributed by atoms with Gasteiger partial charge in [-0.2, -0.15) is 0 Å². The van der Waals surface area contributed by atoms with Crippen LogP contribution in [0.25, 0.3) is 6.08 Å². The van der Waals surface area contributed by atoms with Crippen molar-refractivity contribution in [1.29, 1.82) is 0 Å². The van der Waals surface area contributed by atoms with Crippen LogP contribution < -0.4 is 5.32 Å². The molecule has 1 N–H and O–H groups in total. The first-order valence-corrected chi connectivity index (χ1v) is 19.7. The summed E-state index contributed by atoms with van der Waals surface area (Å²) in [6.07, 6.45) is 10.6. The summed E-state index contributed by atoms with van der Waals surface area (Å²) >= 11 is 0. The number of hydrogen-bond acceptors (Lipinski definition) is 9. The van der Waals surface area contributed by atoms with Gasteiger partial charge in [-0.15, -0.1) is 0 Å². The highest BCUT2D eigenvalue weighted by Gasteiger charge is 2.36. The summed E-state index contributed by atoms with van der Waals surface area (Å²) in [5.41, 5.74) is 1.72. The van der Waals surface area contributed by atoms with Gasteiger partial charge in [0.2, 0.25) is 23.6 Å². The molecule has 1 aromatic rings. The van der Waals surface area contributed by atoms with Crippen LogP contribution in [0.15, 0.2) is 42.5 Å². The number of ketones is 3. The molecule has 0 bridgehead atoms. The van der Waals surface area contributed by atoms with Gasteiger partial charge in [0, 0.05) is 33.5 Å². The van der Waals surface area contributed by atoms with Gasteiger partial charge in [-0.3, -0.25) is 43.4 Å².